The normalized spacial score (nSPS) is 7.41. The van der Waals surface area contributed by atoms with Crippen molar-refractivity contribution in [2.24, 2.45) is 0 Å². The number of halogens is 1. The summed E-state index contributed by atoms with van der Waals surface area (Å²) in [6.45, 7) is 6.32. The van der Waals surface area contributed by atoms with E-state index < -0.39 is 0 Å². The van der Waals surface area contributed by atoms with E-state index in [4.69, 9.17) is 0 Å². The van der Waals surface area contributed by atoms with Gasteiger partial charge in [0.1, 0.15) is 0 Å². The molecular formula is C12H27ClO3Zr. The van der Waals surface area contributed by atoms with Gasteiger partial charge in [-0.3, -0.25) is 0 Å². The Kier molecular flexibility index (Phi) is 78.8. The van der Waals surface area contributed by atoms with Crippen LogP contribution in [0.5, 0.6) is 0 Å². The average Bonchev–Trinajstić information content (AvgIpc) is 2.23. The number of unbranched alkanes of at least 4 members (excludes halogenated alkanes) is 3. The third-order valence-electron chi connectivity index (χ3n) is 1.49. The van der Waals surface area contributed by atoms with Gasteiger partial charge >= 0.3 is 26.2 Å². The molecule has 0 aliphatic carbocycles. The molecule has 0 unspecified atom stereocenters. The van der Waals surface area contributed by atoms with Gasteiger partial charge in [0.15, 0.2) is 0 Å². The van der Waals surface area contributed by atoms with Crippen molar-refractivity contribution >= 4 is 0 Å². The molecule has 0 amide bonds. The molecular weight excluding hydrogens is 319 g/mol. The zero-order valence-electron chi connectivity index (χ0n) is 11.5. The van der Waals surface area contributed by atoms with Crippen LogP contribution in [0.1, 0.15) is 59.3 Å². The van der Waals surface area contributed by atoms with E-state index in [9.17, 15) is 15.3 Å². The summed E-state index contributed by atoms with van der Waals surface area (Å²) in [4.78, 5) is 0. The molecule has 5 heteroatoms. The van der Waals surface area contributed by atoms with Crippen molar-refractivity contribution in [1.29, 1.82) is 0 Å². The van der Waals surface area contributed by atoms with Crippen molar-refractivity contribution in [2.75, 3.05) is 19.8 Å². The van der Waals surface area contributed by atoms with E-state index in [1.165, 1.54) is 0 Å². The van der Waals surface area contributed by atoms with Crippen molar-refractivity contribution in [2.45, 2.75) is 59.3 Å². The fourth-order valence-corrected chi connectivity index (χ4v) is 0.433. The zero-order valence-corrected chi connectivity index (χ0v) is 14.7. The Bertz CT molecular complexity index is 58.5. The fourth-order valence-electron chi connectivity index (χ4n) is 0.433. The quantitative estimate of drug-likeness (QED) is 0.532. The van der Waals surface area contributed by atoms with Crippen LogP contribution in [0.2, 0.25) is 0 Å². The second-order valence-corrected chi connectivity index (χ2v) is 3.17. The first-order chi connectivity index (χ1) is 7.24. The minimum Gasteiger partial charge on any atom is -1.00 e. The van der Waals surface area contributed by atoms with E-state index in [2.05, 4.69) is 0 Å². The van der Waals surface area contributed by atoms with Crippen LogP contribution in [0.4, 0.5) is 0 Å². The summed E-state index contributed by atoms with van der Waals surface area (Å²) >= 11 is 0. The zero-order chi connectivity index (χ0) is 12.4. The Hall–Kier alpha value is 1.05. The Morgan fingerprint density at radius 1 is 0.588 bits per heavy atom. The molecule has 0 fully saturated rings. The van der Waals surface area contributed by atoms with Gasteiger partial charge in [0, 0.05) is 0 Å². The molecule has 104 valence electrons. The van der Waals surface area contributed by atoms with E-state index in [-0.39, 0.29) is 58.4 Å². The van der Waals surface area contributed by atoms with Gasteiger partial charge in [-0.15, -0.1) is 19.8 Å². The van der Waals surface area contributed by atoms with Crippen LogP contribution in [0.3, 0.4) is 0 Å². The molecule has 0 saturated heterocycles. The first kappa shape index (κ1) is 30.8. The van der Waals surface area contributed by atoms with Crippen LogP contribution >= 0.6 is 0 Å². The Morgan fingerprint density at radius 2 is 0.765 bits per heavy atom. The molecule has 0 aromatic carbocycles. The average molecular weight is 346 g/mol. The maximum Gasteiger partial charge on any atom is 4.00 e. The van der Waals surface area contributed by atoms with E-state index in [1.807, 2.05) is 20.8 Å². The number of rotatable bonds is 6. The predicted molar refractivity (Wildman–Crippen MR) is 59.3 cm³/mol. The second-order valence-electron chi connectivity index (χ2n) is 3.17. The Balaban J connectivity index is -0.0000000400. The van der Waals surface area contributed by atoms with Crippen LogP contribution in [-0.2, 0) is 26.2 Å². The van der Waals surface area contributed by atoms with Crippen LogP contribution < -0.4 is 27.7 Å². The van der Waals surface area contributed by atoms with E-state index >= 15 is 0 Å². The molecule has 0 bridgehead atoms. The molecule has 0 radical (unpaired) electrons. The van der Waals surface area contributed by atoms with Gasteiger partial charge in [-0.2, -0.15) is 0 Å². The summed E-state index contributed by atoms with van der Waals surface area (Å²) in [5.41, 5.74) is 0. The molecule has 0 atom stereocenters. The van der Waals surface area contributed by atoms with Crippen LogP contribution in [0.25, 0.3) is 0 Å². The minimum absolute atomic E-state index is 0. The van der Waals surface area contributed by atoms with E-state index in [0.29, 0.717) is 0 Å². The predicted octanol–water partition coefficient (Wildman–Crippen LogP) is -2.56. The van der Waals surface area contributed by atoms with Crippen molar-refractivity contribution in [1.82, 2.24) is 0 Å². The molecule has 0 aromatic heterocycles. The smallest absolute Gasteiger partial charge is 1.00 e. The summed E-state index contributed by atoms with van der Waals surface area (Å²) in [5.74, 6) is 0. The summed E-state index contributed by atoms with van der Waals surface area (Å²) in [5, 5.41) is 28.6. The van der Waals surface area contributed by atoms with Crippen LogP contribution in [0, 0.1) is 0 Å². The minimum atomic E-state index is 0. The van der Waals surface area contributed by atoms with E-state index in [1.54, 1.807) is 0 Å². The van der Waals surface area contributed by atoms with Crippen LogP contribution in [-0.4, -0.2) is 19.8 Å². The molecule has 0 aliphatic heterocycles. The van der Waals surface area contributed by atoms with Gasteiger partial charge in [0.2, 0.25) is 0 Å². The second kappa shape index (κ2) is 43.5. The van der Waals surface area contributed by atoms with Crippen molar-refractivity contribution in [3.8, 4) is 0 Å². The van der Waals surface area contributed by atoms with Gasteiger partial charge in [-0.25, -0.2) is 0 Å². The fraction of sp³-hybridized carbons (Fsp3) is 1.00. The SMILES string of the molecule is CCCC[O-].CCCC[O-].CCCC[O-].[Cl-].[Zr+4]. The Morgan fingerprint density at radius 3 is 0.765 bits per heavy atom. The maximum atomic E-state index is 9.53. The van der Waals surface area contributed by atoms with Gasteiger partial charge in [-0.05, 0) is 0 Å². The first-order valence-corrected chi connectivity index (χ1v) is 5.99. The largest absolute Gasteiger partial charge is 4.00 e. The molecule has 0 saturated carbocycles. The summed E-state index contributed by atoms with van der Waals surface area (Å²) in [7, 11) is 0. The molecule has 0 heterocycles. The van der Waals surface area contributed by atoms with Gasteiger partial charge in [0.05, 0.1) is 0 Å². The van der Waals surface area contributed by atoms with E-state index in [0.717, 1.165) is 38.5 Å². The molecule has 0 spiro atoms. The molecule has 0 aliphatic rings. The van der Waals surface area contributed by atoms with Gasteiger partial charge in [-0.1, -0.05) is 59.3 Å². The summed E-state index contributed by atoms with van der Waals surface area (Å²) in [6, 6.07) is 0. The summed E-state index contributed by atoms with van der Waals surface area (Å²) < 4.78 is 0. The van der Waals surface area contributed by atoms with Crippen LogP contribution in [0.15, 0.2) is 0 Å². The standard InChI is InChI=1S/3C4H9O.ClH.Zr/c3*1-2-3-4-5;;/h3*2-4H2,1H3;1H;/q3*-1;;+4/p-1. The summed E-state index contributed by atoms with van der Waals surface area (Å²) in [6.07, 6.45) is 5.59. The maximum absolute atomic E-state index is 9.53. The monoisotopic (exact) mass is 344 g/mol. The van der Waals surface area contributed by atoms with Gasteiger partial charge < -0.3 is 27.7 Å². The number of hydrogen-bond acceptors (Lipinski definition) is 3. The third kappa shape index (κ3) is 77.7. The Labute approximate surface area is 133 Å². The third-order valence-corrected chi connectivity index (χ3v) is 1.49. The molecule has 0 rings (SSSR count). The molecule has 3 nitrogen and oxygen atoms in total. The number of hydrogen-bond donors (Lipinski definition) is 0. The van der Waals surface area contributed by atoms with Crippen molar-refractivity contribution < 1.29 is 53.9 Å². The molecule has 0 aromatic rings. The molecule has 17 heavy (non-hydrogen) atoms. The topological polar surface area (TPSA) is 69.2 Å². The first-order valence-electron chi connectivity index (χ1n) is 5.99. The molecule has 0 N–H and O–H groups in total. The van der Waals surface area contributed by atoms with Crippen molar-refractivity contribution in [3.63, 3.8) is 0 Å². The van der Waals surface area contributed by atoms with Gasteiger partial charge in [0.25, 0.3) is 0 Å². The van der Waals surface area contributed by atoms with Crippen molar-refractivity contribution in [3.05, 3.63) is 0 Å².